The third kappa shape index (κ3) is 4.28. The lowest BCUT2D eigenvalue weighted by atomic mass is 9.95. The molecule has 0 saturated heterocycles. The number of nitrogens with one attached hydrogen (secondary N) is 2. The zero-order chi connectivity index (χ0) is 19.4. The lowest BCUT2D eigenvalue weighted by Crippen LogP contribution is -2.45. The highest BCUT2D eigenvalue weighted by molar-refractivity contribution is 5.95. The molecule has 1 aliphatic rings. The maximum Gasteiger partial charge on any atom is 0.338 e. The molecular weight excluding hydrogens is 344 g/mol. The summed E-state index contributed by atoms with van der Waals surface area (Å²) in [6.45, 7) is 5.71. The van der Waals surface area contributed by atoms with E-state index < -0.39 is 12.0 Å². The van der Waals surface area contributed by atoms with Crippen molar-refractivity contribution in [3.8, 4) is 11.5 Å². The minimum atomic E-state index is -0.578. The molecule has 140 valence electrons. The monoisotopic (exact) mass is 366 g/mol. The van der Waals surface area contributed by atoms with E-state index in [2.05, 4.69) is 10.6 Å². The summed E-state index contributed by atoms with van der Waals surface area (Å²) < 4.78 is 11.0. The van der Waals surface area contributed by atoms with Crippen LogP contribution in [0.5, 0.6) is 11.5 Å². The van der Waals surface area contributed by atoms with Crippen LogP contribution in [0.1, 0.15) is 31.0 Å². The van der Waals surface area contributed by atoms with Gasteiger partial charge in [0.2, 0.25) is 0 Å². The van der Waals surface area contributed by atoms with Gasteiger partial charge >= 0.3 is 12.0 Å². The Labute approximate surface area is 158 Å². The Bertz CT molecular complexity index is 870. The number of hydrogen-bond acceptors (Lipinski definition) is 4. The summed E-state index contributed by atoms with van der Waals surface area (Å²) in [5.74, 6) is 0.959. The van der Waals surface area contributed by atoms with Crippen LogP contribution in [0.2, 0.25) is 0 Å². The van der Waals surface area contributed by atoms with Gasteiger partial charge in [-0.3, -0.25) is 0 Å². The Morgan fingerprint density at radius 1 is 1.00 bits per heavy atom. The van der Waals surface area contributed by atoms with E-state index in [-0.39, 0.29) is 12.6 Å². The van der Waals surface area contributed by atoms with Crippen LogP contribution < -0.4 is 15.4 Å². The molecule has 27 heavy (non-hydrogen) atoms. The highest BCUT2D eigenvalue weighted by atomic mass is 16.5. The van der Waals surface area contributed by atoms with Crippen molar-refractivity contribution in [2.45, 2.75) is 26.8 Å². The third-order valence-electron chi connectivity index (χ3n) is 4.23. The predicted molar refractivity (Wildman–Crippen MR) is 101 cm³/mol. The van der Waals surface area contributed by atoms with Gasteiger partial charge in [-0.25, -0.2) is 9.59 Å². The summed E-state index contributed by atoms with van der Waals surface area (Å²) in [6.07, 6.45) is 0. The number of rotatable bonds is 5. The SMILES string of the molecule is CCOC(=O)C1=C(C)NC(=O)NC1c1ccc(Oc2ccc(C)cc2)cc1. The molecule has 1 heterocycles. The van der Waals surface area contributed by atoms with E-state index >= 15 is 0 Å². The standard InChI is InChI=1S/C21H22N2O4/c1-4-26-20(24)18-14(3)22-21(25)23-19(18)15-7-11-17(12-8-15)27-16-9-5-13(2)6-10-16/h5-12,19H,4H2,1-3H3,(H2,22,23,25). The highest BCUT2D eigenvalue weighted by Crippen LogP contribution is 2.30. The number of hydrogen-bond donors (Lipinski definition) is 2. The van der Waals surface area contributed by atoms with E-state index in [1.165, 1.54) is 0 Å². The first-order chi connectivity index (χ1) is 13.0. The van der Waals surface area contributed by atoms with Gasteiger partial charge in [-0.2, -0.15) is 0 Å². The number of amides is 2. The van der Waals surface area contributed by atoms with Gasteiger partial charge < -0.3 is 20.1 Å². The summed E-state index contributed by atoms with van der Waals surface area (Å²) in [4.78, 5) is 24.2. The van der Waals surface area contributed by atoms with Crippen LogP contribution in [0.3, 0.4) is 0 Å². The van der Waals surface area contributed by atoms with Crippen molar-refractivity contribution < 1.29 is 19.1 Å². The fraction of sp³-hybridized carbons (Fsp3) is 0.238. The molecule has 2 amide bonds. The van der Waals surface area contributed by atoms with E-state index in [9.17, 15) is 9.59 Å². The first-order valence-electron chi connectivity index (χ1n) is 8.78. The fourth-order valence-electron chi connectivity index (χ4n) is 2.89. The predicted octanol–water partition coefficient (Wildman–Crippen LogP) is 3.98. The maximum atomic E-state index is 12.3. The van der Waals surface area contributed by atoms with E-state index in [4.69, 9.17) is 9.47 Å². The molecule has 0 spiro atoms. The number of benzene rings is 2. The fourth-order valence-corrected chi connectivity index (χ4v) is 2.89. The summed E-state index contributed by atoms with van der Waals surface area (Å²) in [5.41, 5.74) is 2.81. The zero-order valence-electron chi connectivity index (χ0n) is 15.5. The Kier molecular flexibility index (Phi) is 5.45. The number of urea groups is 1. The molecule has 1 atom stereocenters. The van der Waals surface area contributed by atoms with Crippen LogP contribution in [0, 0.1) is 6.92 Å². The van der Waals surface area contributed by atoms with Gasteiger partial charge in [0.1, 0.15) is 11.5 Å². The van der Waals surface area contributed by atoms with Crippen LogP contribution >= 0.6 is 0 Å². The second-order valence-corrected chi connectivity index (χ2v) is 6.27. The Morgan fingerprint density at radius 2 is 1.59 bits per heavy atom. The van der Waals surface area contributed by atoms with Gasteiger partial charge in [-0.15, -0.1) is 0 Å². The molecule has 0 radical (unpaired) electrons. The first-order valence-corrected chi connectivity index (χ1v) is 8.78. The molecule has 6 nitrogen and oxygen atoms in total. The van der Waals surface area contributed by atoms with Crippen molar-refractivity contribution in [1.82, 2.24) is 10.6 Å². The quantitative estimate of drug-likeness (QED) is 0.785. The van der Waals surface area contributed by atoms with E-state index in [1.54, 1.807) is 13.8 Å². The molecule has 1 aliphatic heterocycles. The van der Waals surface area contributed by atoms with E-state index in [0.29, 0.717) is 17.0 Å². The molecule has 2 aromatic carbocycles. The third-order valence-corrected chi connectivity index (χ3v) is 4.23. The van der Waals surface area contributed by atoms with Crippen molar-refractivity contribution in [3.05, 3.63) is 70.9 Å². The summed E-state index contributed by atoms with van der Waals surface area (Å²) in [5, 5.41) is 5.40. The second-order valence-electron chi connectivity index (χ2n) is 6.27. The van der Waals surface area contributed by atoms with Crippen LogP contribution in [-0.4, -0.2) is 18.6 Å². The number of esters is 1. The van der Waals surface area contributed by atoms with Crippen LogP contribution in [0.15, 0.2) is 59.8 Å². The minimum absolute atomic E-state index is 0.263. The van der Waals surface area contributed by atoms with Gasteiger partial charge in [0.15, 0.2) is 0 Å². The molecular formula is C21H22N2O4. The number of ether oxygens (including phenoxy) is 2. The van der Waals surface area contributed by atoms with Crippen molar-refractivity contribution in [3.63, 3.8) is 0 Å². The molecule has 3 rings (SSSR count). The van der Waals surface area contributed by atoms with Gasteiger partial charge in [0, 0.05) is 5.70 Å². The van der Waals surface area contributed by atoms with Gasteiger partial charge in [0.25, 0.3) is 0 Å². The average Bonchev–Trinajstić information content (AvgIpc) is 2.64. The van der Waals surface area contributed by atoms with E-state index in [1.807, 2.05) is 55.5 Å². The van der Waals surface area contributed by atoms with Gasteiger partial charge in [-0.1, -0.05) is 29.8 Å². The van der Waals surface area contributed by atoms with Gasteiger partial charge in [-0.05, 0) is 50.6 Å². The lowest BCUT2D eigenvalue weighted by Gasteiger charge is -2.28. The van der Waals surface area contributed by atoms with Crippen molar-refractivity contribution in [1.29, 1.82) is 0 Å². The van der Waals surface area contributed by atoms with Crippen molar-refractivity contribution >= 4 is 12.0 Å². The van der Waals surface area contributed by atoms with Crippen molar-refractivity contribution in [2.24, 2.45) is 0 Å². The van der Waals surface area contributed by atoms with Crippen LogP contribution in [0.25, 0.3) is 0 Å². The number of aryl methyl sites for hydroxylation is 1. The van der Waals surface area contributed by atoms with Crippen LogP contribution in [-0.2, 0) is 9.53 Å². The molecule has 1 unspecified atom stereocenters. The smallest absolute Gasteiger partial charge is 0.338 e. The molecule has 0 bridgehead atoms. The second kappa shape index (κ2) is 7.95. The molecule has 6 heteroatoms. The minimum Gasteiger partial charge on any atom is -0.463 e. The average molecular weight is 366 g/mol. The molecule has 2 N–H and O–H groups in total. The van der Waals surface area contributed by atoms with E-state index in [0.717, 1.165) is 16.9 Å². The lowest BCUT2D eigenvalue weighted by molar-refractivity contribution is -0.139. The summed E-state index contributed by atoms with van der Waals surface area (Å²) in [6, 6.07) is 14.1. The molecule has 0 saturated carbocycles. The Hall–Kier alpha value is -3.28. The normalized spacial score (nSPS) is 16.4. The molecule has 2 aromatic rings. The molecule has 0 fully saturated rings. The van der Waals surface area contributed by atoms with Crippen molar-refractivity contribution in [2.75, 3.05) is 6.61 Å². The number of carbonyl (C=O) groups is 2. The Morgan fingerprint density at radius 3 is 2.19 bits per heavy atom. The van der Waals surface area contributed by atoms with Crippen LogP contribution in [0.4, 0.5) is 4.79 Å². The number of allylic oxidation sites excluding steroid dienone is 1. The topological polar surface area (TPSA) is 76.7 Å². The highest BCUT2D eigenvalue weighted by Gasteiger charge is 2.32. The maximum absolute atomic E-state index is 12.3. The Balaban J connectivity index is 1.83. The first kappa shape index (κ1) is 18.5. The van der Waals surface area contributed by atoms with Gasteiger partial charge in [0.05, 0.1) is 18.2 Å². The largest absolute Gasteiger partial charge is 0.463 e. The molecule has 0 aliphatic carbocycles. The summed E-state index contributed by atoms with van der Waals surface area (Å²) in [7, 11) is 0. The summed E-state index contributed by atoms with van der Waals surface area (Å²) >= 11 is 0. The number of carbonyl (C=O) groups excluding carboxylic acids is 2. The zero-order valence-corrected chi connectivity index (χ0v) is 15.5. The molecule has 0 aromatic heterocycles.